The van der Waals surface area contributed by atoms with Gasteiger partial charge in [0.15, 0.2) is 18.1 Å². The van der Waals surface area contributed by atoms with Crippen molar-refractivity contribution in [3.05, 3.63) is 88.5 Å². The zero-order valence-electron chi connectivity index (χ0n) is 19.8. The smallest absolute Gasteiger partial charge is 0.343 e. The van der Waals surface area contributed by atoms with Crippen molar-refractivity contribution in [1.29, 1.82) is 0 Å². The first-order valence-corrected chi connectivity index (χ1v) is 10.9. The van der Waals surface area contributed by atoms with Crippen LogP contribution in [0.2, 0.25) is 0 Å². The van der Waals surface area contributed by atoms with Gasteiger partial charge in [0.25, 0.3) is 5.91 Å². The fourth-order valence-electron chi connectivity index (χ4n) is 3.12. The monoisotopic (exact) mass is 460 g/mol. The number of aryl methyl sites for hydroxylation is 3. The minimum Gasteiger partial charge on any atom is -0.490 e. The van der Waals surface area contributed by atoms with E-state index in [2.05, 4.69) is 10.5 Å². The molecule has 1 amide bonds. The third-order valence-electron chi connectivity index (χ3n) is 4.85. The van der Waals surface area contributed by atoms with E-state index >= 15 is 0 Å². The van der Waals surface area contributed by atoms with Gasteiger partial charge in [0.1, 0.15) is 5.75 Å². The molecule has 34 heavy (non-hydrogen) atoms. The Labute approximate surface area is 199 Å². The lowest BCUT2D eigenvalue weighted by Gasteiger charge is -2.11. The molecular weight excluding hydrogens is 432 g/mol. The molecule has 0 spiro atoms. The summed E-state index contributed by atoms with van der Waals surface area (Å²) in [5, 5.41) is 3.97. The molecule has 7 nitrogen and oxygen atoms in total. The van der Waals surface area contributed by atoms with Crippen molar-refractivity contribution in [3.8, 4) is 17.2 Å². The van der Waals surface area contributed by atoms with Crippen LogP contribution in [0.1, 0.15) is 39.5 Å². The molecule has 0 radical (unpaired) electrons. The van der Waals surface area contributed by atoms with E-state index in [4.69, 9.17) is 14.2 Å². The standard InChI is InChI=1S/C27H28N2O5/c1-5-32-25-15-21(9-13-24(25)34-27(31)22-10-6-18(2)7-11-22)16-28-29-26(30)17-33-23-12-8-19(3)14-20(23)4/h6-16H,5,17H2,1-4H3,(H,29,30). The largest absolute Gasteiger partial charge is 0.490 e. The Morgan fingerprint density at radius 2 is 1.56 bits per heavy atom. The molecule has 3 aromatic rings. The van der Waals surface area contributed by atoms with E-state index in [0.29, 0.717) is 35.0 Å². The van der Waals surface area contributed by atoms with Crippen LogP contribution in [0.15, 0.2) is 65.8 Å². The van der Waals surface area contributed by atoms with E-state index in [1.807, 2.05) is 58.0 Å². The van der Waals surface area contributed by atoms with Gasteiger partial charge in [0, 0.05) is 0 Å². The number of nitrogens with one attached hydrogen (secondary N) is 1. The second-order valence-corrected chi connectivity index (χ2v) is 7.75. The van der Waals surface area contributed by atoms with Crippen LogP contribution in [-0.2, 0) is 4.79 Å². The first-order valence-electron chi connectivity index (χ1n) is 10.9. The van der Waals surface area contributed by atoms with Crippen molar-refractivity contribution in [2.24, 2.45) is 5.10 Å². The van der Waals surface area contributed by atoms with Gasteiger partial charge < -0.3 is 14.2 Å². The van der Waals surface area contributed by atoms with Crippen LogP contribution in [0.4, 0.5) is 0 Å². The Balaban J connectivity index is 1.59. The van der Waals surface area contributed by atoms with Crippen LogP contribution in [0.5, 0.6) is 17.2 Å². The van der Waals surface area contributed by atoms with Crippen LogP contribution < -0.4 is 19.6 Å². The highest BCUT2D eigenvalue weighted by Crippen LogP contribution is 2.29. The van der Waals surface area contributed by atoms with E-state index in [0.717, 1.165) is 16.7 Å². The molecule has 3 aromatic carbocycles. The molecule has 0 aliphatic carbocycles. The van der Waals surface area contributed by atoms with Crippen molar-refractivity contribution < 1.29 is 23.8 Å². The molecule has 0 bridgehead atoms. The molecule has 0 saturated carbocycles. The summed E-state index contributed by atoms with van der Waals surface area (Å²) in [5.41, 5.74) is 6.69. The van der Waals surface area contributed by atoms with Gasteiger partial charge in [-0.2, -0.15) is 5.10 Å². The summed E-state index contributed by atoms with van der Waals surface area (Å²) < 4.78 is 16.7. The predicted octanol–water partition coefficient (Wildman–Crippen LogP) is 4.76. The molecule has 176 valence electrons. The third-order valence-corrected chi connectivity index (χ3v) is 4.85. The molecule has 0 saturated heterocycles. The molecule has 0 atom stereocenters. The molecule has 0 unspecified atom stereocenters. The first kappa shape index (κ1) is 24.5. The lowest BCUT2D eigenvalue weighted by atomic mass is 10.1. The van der Waals surface area contributed by atoms with Gasteiger partial charge in [0.2, 0.25) is 0 Å². The summed E-state index contributed by atoms with van der Waals surface area (Å²) in [4.78, 5) is 24.5. The average molecular weight is 461 g/mol. The maximum absolute atomic E-state index is 12.5. The average Bonchev–Trinajstić information content (AvgIpc) is 2.80. The van der Waals surface area contributed by atoms with Gasteiger partial charge in [-0.1, -0.05) is 35.4 Å². The molecule has 0 heterocycles. The fraction of sp³-hybridized carbons (Fsp3) is 0.222. The summed E-state index contributed by atoms with van der Waals surface area (Å²) in [5.74, 6) is 0.497. The number of hydrogen-bond donors (Lipinski definition) is 1. The van der Waals surface area contributed by atoms with Gasteiger partial charge in [-0.15, -0.1) is 0 Å². The molecule has 0 fully saturated rings. The molecular formula is C27H28N2O5. The Morgan fingerprint density at radius 3 is 2.26 bits per heavy atom. The topological polar surface area (TPSA) is 86.2 Å². The summed E-state index contributed by atoms with van der Waals surface area (Å²) in [6, 6.07) is 17.9. The lowest BCUT2D eigenvalue weighted by Crippen LogP contribution is -2.24. The lowest BCUT2D eigenvalue weighted by molar-refractivity contribution is -0.123. The number of carbonyl (C=O) groups excluding carboxylic acids is 2. The van der Waals surface area contributed by atoms with E-state index in [9.17, 15) is 9.59 Å². The number of hydrazone groups is 1. The van der Waals surface area contributed by atoms with Crippen LogP contribution >= 0.6 is 0 Å². The Hall–Kier alpha value is -4.13. The molecule has 3 rings (SSSR count). The zero-order chi connectivity index (χ0) is 24.5. The fourth-order valence-corrected chi connectivity index (χ4v) is 3.12. The number of amides is 1. The minimum absolute atomic E-state index is 0.153. The second-order valence-electron chi connectivity index (χ2n) is 7.75. The highest BCUT2D eigenvalue weighted by molar-refractivity contribution is 5.91. The number of esters is 1. The van der Waals surface area contributed by atoms with Crippen LogP contribution in [0, 0.1) is 20.8 Å². The van der Waals surface area contributed by atoms with E-state index in [1.54, 1.807) is 30.3 Å². The SMILES string of the molecule is CCOc1cc(C=NNC(=O)COc2ccc(C)cc2C)ccc1OC(=O)c1ccc(C)cc1. The first-order chi connectivity index (χ1) is 16.4. The molecule has 0 aromatic heterocycles. The van der Waals surface area contributed by atoms with Crippen molar-refractivity contribution in [2.75, 3.05) is 13.2 Å². The Morgan fingerprint density at radius 1 is 0.853 bits per heavy atom. The van der Waals surface area contributed by atoms with Gasteiger partial charge in [0.05, 0.1) is 18.4 Å². The van der Waals surface area contributed by atoms with Crippen LogP contribution in [0.25, 0.3) is 0 Å². The number of hydrogen-bond acceptors (Lipinski definition) is 6. The molecule has 7 heteroatoms. The van der Waals surface area contributed by atoms with Crippen molar-refractivity contribution >= 4 is 18.1 Å². The van der Waals surface area contributed by atoms with E-state index < -0.39 is 5.97 Å². The number of carbonyl (C=O) groups is 2. The number of nitrogens with zero attached hydrogens (tertiary/aromatic N) is 1. The Bertz CT molecular complexity index is 1190. The quantitative estimate of drug-likeness (QED) is 0.215. The zero-order valence-corrected chi connectivity index (χ0v) is 19.8. The highest BCUT2D eigenvalue weighted by atomic mass is 16.6. The summed E-state index contributed by atoms with van der Waals surface area (Å²) >= 11 is 0. The number of rotatable bonds is 9. The normalized spacial score (nSPS) is 10.7. The summed E-state index contributed by atoms with van der Waals surface area (Å²) in [6.07, 6.45) is 1.48. The van der Waals surface area contributed by atoms with Gasteiger partial charge in [-0.05, 0) is 75.2 Å². The summed E-state index contributed by atoms with van der Waals surface area (Å²) in [6.45, 7) is 7.94. The maximum atomic E-state index is 12.5. The highest BCUT2D eigenvalue weighted by Gasteiger charge is 2.13. The Kier molecular flexibility index (Phi) is 8.40. The number of benzene rings is 3. The van der Waals surface area contributed by atoms with E-state index in [-0.39, 0.29) is 12.5 Å². The second kappa shape index (κ2) is 11.7. The molecule has 0 aliphatic heterocycles. The van der Waals surface area contributed by atoms with Crippen molar-refractivity contribution in [1.82, 2.24) is 5.43 Å². The van der Waals surface area contributed by atoms with Crippen LogP contribution in [0.3, 0.4) is 0 Å². The van der Waals surface area contributed by atoms with E-state index in [1.165, 1.54) is 6.21 Å². The van der Waals surface area contributed by atoms with Gasteiger partial charge in [-0.3, -0.25) is 4.79 Å². The van der Waals surface area contributed by atoms with Crippen LogP contribution in [-0.4, -0.2) is 31.3 Å². The third kappa shape index (κ3) is 6.93. The predicted molar refractivity (Wildman–Crippen MR) is 131 cm³/mol. The molecule has 0 aliphatic rings. The maximum Gasteiger partial charge on any atom is 0.343 e. The summed E-state index contributed by atoms with van der Waals surface area (Å²) in [7, 11) is 0. The molecule has 1 N–H and O–H groups in total. The van der Waals surface area contributed by atoms with Gasteiger partial charge in [-0.25, -0.2) is 10.2 Å². The number of ether oxygens (including phenoxy) is 3. The van der Waals surface area contributed by atoms with Crippen molar-refractivity contribution in [3.63, 3.8) is 0 Å². The van der Waals surface area contributed by atoms with Gasteiger partial charge >= 0.3 is 5.97 Å². The van der Waals surface area contributed by atoms with Crippen molar-refractivity contribution in [2.45, 2.75) is 27.7 Å². The minimum atomic E-state index is -0.474.